The molecule has 10 nitrogen and oxygen atoms in total. The van der Waals surface area contributed by atoms with E-state index in [9.17, 15) is 18.8 Å². The summed E-state index contributed by atoms with van der Waals surface area (Å²) in [5.41, 5.74) is 1.00. The molecule has 40 heavy (non-hydrogen) atoms. The highest BCUT2D eigenvalue weighted by Crippen LogP contribution is 2.52. The van der Waals surface area contributed by atoms with Crippen molar-refractivity contribution in [2.24, 2.45) is 5.92 Å². The van der Waals surface area contributed by atoms with Crippen molar-refractivity contribution >= 4 is 17.5 Å². The number of hydrogen-bond donors (Lipinski definition) is 2. The molecule has 0 spiro atoms. The number of amides is 1. The van der Waals surface area contributed by atoms with Crippen LogP contribution in [0.25, 0.3) is 11.3 Å². The van der Waals surface area contributed by atoms with Crippen LogP contribution >= 0.6 is 0 Å². The highest BCUT2D eigenvalue weighted by molar-refractivity contribution is 5.98. The quantitative estimate of drug-likeness (QED) is 0.290. The molecule has 2 heterocycles. The molecule has 1 unspecified atom stereocenters. The summed E-state index contributed by atoms with van der Waals surface area (Å²) in [6.07, 6.45) is 2.99. The maximum absolute atomic E-state index is 13.4. The number of carbonyl (C=O) groups is 2. The van der Waals surface area contributed by atoms with Crippen LogP contribution in [0.1, 0.15) is 48.8 Å². The van der Waals surface area contributed by atoms with Gasteiger partial charge in [0.1, 0.15) is 12.4 Å². The lowest BCUT2D eigenvalue weighted by molar-refractivity contribution is -0.122. The minimum absolute atomic E-state index is 0.0949. The van der Waals surface area contributed by atoms with Gasteiger partial charge in [-0.15, -0.1) is 10.2 Å². The second kappa shape index (κ2) is 10.8. The molecule has 1 aliphatic rings. The number of carbonyl (C=O) groups excluding carboxylic acids is 2. The number of Topliss-reactive ketones (excluding diaryl/α,β-unsaturated/α-hetero) is 1. The molecule has 2 N–H and O–H groups in total. The van der Waals surface area contributed by atoms with E-state index in [4.69, 9.17) is 4.42 Å². The summed E-state index contributed by atoms with van der Waals surface area (Å²) >= 11 is 0. The highest BCUT2D eigenvalue weighted by atomic mass is 19.1. The molecule has 1 amide bonds. The van der Waals surface area contributed by atoms with Gasteiger partial charge in [0.15, 0.2) is 5.82 Å². The third kappa shape index (κ3) is 5.14. The van der Waals surface area contributed by atoms with Crippen LogP contribution in [-0.2, 0) is 16.8 Å². The predicted molar refractivity (Wildman–Crippen MR) is 145 cm³/mol. The maximum Gasteiger partial charge on any atom is 0.294 e. The molecule has 1 atom stereocenters. The number of rotatable bonds is 10. The second-order valence-electron chi connectivity index (χ2n) is 10.2. The first-order valence-electron chi connectivity index (χ1n) is 13.0. The summed E-state index contributed by atoms with van der Waals surface area (Å²) in [6, 6.07) is 14.3. The van der Waals surface area contributed by atoms with E-state index in [1.54, 1.807) is 33.0 Å². The Morgan fingerprint density at radius 2 is 1.77 bits per heavy atom. The molecule has 5 rings (SSSR count). The van der Waals surface area contributed by atoms with Crippen LogP contribution in [0.4, 0.5) is 10.2 Å². The summed E-state index contributed by atoms with van der Waals surface area (Å²) in [6.45, 7) is 3.24. The Labute approximate surface area is 229 Å². The number of nitrogens with zero attached hydrogens (tertiary/aromatic N) is 4. The van der Waals surface area contributed by atoms with E-state index in [-0.39, 0.29) is 35.9 Å². The van der Waals surface area contributed by atoms with Crippen molar-refractivity contribution in [3.63, 3.8) is 0 Å². The molecule has 0 bridgehead atoms. The average Bonchev–Trinajstić information content (AvgIpc) is 3.61. The zero-order chi connectivity index (χ0) is 28.4. The van der Waals surface area contributed by atoms with E-state index in [2.05, 4.69) is 25.8 Å². The van der Waals surface area contributed by atoms with Crippen LogP contribution in [0.15, 0.2) is 70.0 Å². The summed E-state index contributed by atoms with van der Waals surface area (Å²) in [5, 5.41) is 13.6. The van der Waals surface area contributed by atoms with Crippen LogP contribution in [-0.4, -0.2) is 44.5 Å². The van der Waals surface area contributed by atoms with Crippen molar-refractivity contribution in [1.82, 2.24) is 25.1 Å². The lowest BCUT2D eigenvalue weighted by Crippen LogP contribution is -2.46. The summed E-state index contributed by atoms with van der Waals surface area (Å²) in [5.74, 6) is -1.56. The Morgan fingerprint density at radius 3 is 2.40 bits per heavy atom. The third-order valence-electron chi connectivity index (χ3n) is 7.12. The Hall–Kier alpha value is -4.67. The van der Waals surface area contributed by atoms with Crippen molar-refractivity contribution < 1.29 is 18.4 Å². The molecule has 1 fully saturated rings. The first-order chi connectivity index (χ1) is 19.2. The summed E-state index contributed by atoms with van der Waals surface area (Å²) < 4.78 is 20.6. The van der Waals surface area contributed by atoms with Gasteiger partial charge in [-0.3, -0.25) is 19.0 Å². The molecule has 206 valence electrons. The van der Waals surface area contributed by atoms with Crippen LogP contribution in [0.2, 0.25) is 0 Å². The average molecular weight is 545 g/mol. The van der Waals surface area contributed by atoms with E-state index in [0.29, 0.717) is 11.3 Å². The summed E-state index contributed by atoms with van der Waals surface area (Å²) in [4.78, 5) is 43.9. The van der Waals surface area contributed by atoms with Gasteiger partial charge in [-0.1, -0.05) is 56.3 Å². The van der Waals surface area contributed by atoms with Gasteiger partial charge in [0.2, 0.25) is 17.6 Å². The number of ketones is 1. The van der Waals surface area contributed by atoms with Crippen LogP contribution in [0.5, 0.6) is 0 Å². The van der Waals surface area contributed by atoms with Crippen molar-refractivity contribution in [3.05, 3.63) is 94.3 Å². The van der Waals surface area contributed by atoms with Crippen molar-refractivity contribution in [2.75, 3.05) is 12.4 Å². The number of hydrogen-bond acceptors (Lipinski definition) is 8. The van der Waals surface area contributed by atoms with E-state index in [0.717, 1.165) is 18.4 Å². The Kier molecular flexibility index (Phi) is 7.29. The third-order valence-corrected chi connectivity index (χ3v) is 7.12. The lowest BCUT2D eigenvalue weighted by Gasteiger charge is -2.21. The standard InChI is InChI=1S/C29H29FN6O4/c1-17(2)23(24(38)26-34-35-28(40-26)29(13-14-29)19-9-11-20(30)12-10-19)33-22(37)16-36-21(18-7-5-4-6-8-18)15-32-25(31-3)27(36)39/h4-12,15,17,23H,13-14,16H2,1-3H3,(H,31,32)(H,33,37). The van der Waals surface area contributed by atoms with E-state index >= 15 is 0 Å². The van der Waals surface area contributed by atoms with Gasteiger partial charge >= 0.3 is 0 Å². The summed E-state index contributed by atoms with van der Waals surface area (Å²) in [7, 11) is 1.57. The Morgan fingerprint density at radius 1 is 1.07 bits per heavy atom. The smallest absolute Gasteiger partial charge is 0.294 e. The lowest BCUT2D eigenvalue weighted by atomic mass is 9.96. The van der Waals surface area contributed by atoms with Crippen LogP contribution in [0.3, 0.4) is 0 Å². The molecule has 0 radical (unpaired) electrons. The first kappa shape index (κ1) is 26.9. The molecule has 2 aromatic heterocycles. The van der Waals surface area contributed by atoms with E-state index in [1.807, 2.05) is 30.3 Å². The molecule has 2 aromatic carbocycles. The van der Waals surface area contributed by atoms with Crippen LogP contribution < -0.4 is 16.2 Å². The molecule has 1 saturated carbocycles. The van der Waals surface area contributed by atoms with Gasteiger partial charge in [0.25, 0.3) is 11.4 Å². The Balaban J connectivity index is 1.37. The fraction of sp³-hybridized carbons (Fsp3) is 0.310. The van der Waals surface area contributed by atoms with E-state index in [1.165, 1.54) is 22.9 Å². The minimum Gasteiger partial charge on any atom is -0.417 e. The fourth-order valence-electron chi connectivity index (χ4n) is 4.72. The van der Waals surface area contributed by atoms with Gasteiger partial charge < -0.3 is 15.1 Å². The predicted octanol–water partition coefficient (Wildman–Crippen LogP) is 3.58. The van der Waals surface area contributed by atoms with Gasteiger partial charge in [-0.05, 0) is 42.0 Å². The van der Waals surface area contributed by atoms with Crippen molar-refractivity contribution in [2.45, 2.75) is 44.7 Å². The monoisotopic (exact) mass is 544 g/mol. The van der Waals surface area contributed by atoms with Crippen molar-refractivity contribution in [3.8, 4) is 11.3 Å². The van der Waals surface area contributed by atoms with Crippen LogP contribution in [0, 0.1) is 11.7 Å². The fourth-order valence-corrected chi connectivity index (χ4v) is 4.72. The normalized spacial score (nSPS) is 14.5. The van der Waals surface area contributed by atoms with Gasteiger partial charge in [0, 0.05) is 7.05 Å². The van der Waals surface area contributed by atoms with Gasteiger partial charge in [-0.25, -0.2) is 9.37 Å². The van der Waals surface area contributed by atoms with Gasteiger partial charge in [0.05, 0.1) is 23.3 Å². The molecule has 0 saturated heterocycles. The second-order valence-corrected chi connectivity index (χ2v) is 10.2. The molecular formula is C29H29FN6O4. The number of benzene rings is 2. The first-order valence-corrected chi connectivity index (χ1v) is 13.0. The zero-order valence-corrected chi connectivity index (χ0v) is 22.3. The Bertz CT molecular complexity index is 1590. The number of halogens is 1. The molecule has 1 aliphatic carbocycles. The number of aromatic nitrogens is 4. The highest BCUT2D eigenvalue weighted by Gasteiger charge is 2.51. The minimum atomic E-state index is -0.969. The van der Waals surface area contributed by atoms with Crippen molar-refractivity contribution in [1.29, 1.82) is 0 Å². The number of nitrogens with one attached hydrogen (secondary N) is 2. The largest absolute Gasteiger partial charge is 0.417 e. The SMILES string of the molecule is CNc1ncc(-c2ccccc2)n(CC(=O)NC(C(=O)c2nnc(C3(c4ccc(F)cc4)CC3)o2)C(C)C)c1=O. The topological polar surface area (TPSA) is 132 Å². The van der Waals surface area contributed by atoms with Gasteiger partial charge in [-0.2, -0.15) is 0 Å². The zero-order valence-electron chi connectivity index (χ0n) is 22.3. The molecule has 0 aliphatic heterocycles. The number of anilines is 1. The maximum atomic E-state index is 13.4. The molecule has 4 aromatic rings. The molecular weight excluding hydrogens is 515 g/mol. The molecule has 11 heteroatoms. The van der Waals surface area contributed by atoms with E-state index < -0.39 is 28.7 Å².